The van der Waals surface area contributed by atoms with Crippen molar-refractivity contribution in [1.29, 1.82) is 0 Å². The molecule has 3 aromatic rings. The Morgan fingerprint density at radius 3 is 2.61 bits per heavy atom. The number of nitrogens with one attached hydrogen (secondary N) is 1. The molecule has 0 saturated carbocycles. The molecule has 0 aliphatic heterocycles. The van der Waals surface area contributed by atoms with Crippen LogP contribution in [0.2, 0.25) is 0 Å². The zero-order chi connectivity index (χ0) is 20.1. The van der Waals surface area contributed by atoms with Gasteiger partial charge < -0.3 is 14.8 Å². The first kappa shape index (κ1) is 19.6. The minimum atomic E-state index is -0.489. The van der Waals surface area contributed by atoms with Crippen LogP contribution in [0, 0.1) is 11.7 Å². The van der Waals surface area contributed by atoms with E-state index in [2.05, 4.69) is 24.1 Å². The van der Waals surface area contributed by atoms with Gasteiger partial charge in [-0.25, -0.2) is 9.18 Å². The number of nitrogens with zero attached hydrogens (tertiary/aromatic N) is 1. The number of carbonyl (C=O) groups excluding carboxylic acids is 1. The van der Waals surface area contributed by atoms with E-state index in [4.69, 9.17) is 9.47 Å². The van der Waals surface area contributed by atoms with Crippen molar-refractivity contribution in [2.75, 3.05) is 19.0 Å². The second-order valence-corrected chi connectivity index (χ2v) is 6.95. The second-order valence-electron chi connectivity index (χ2n) is 6.95. The molecule has 1 heterocycles. The van der Waals surface area contributed by atoms with Gasteiger partial charge in [-0.05, 0) is 35.7 Å². The fourth-order valence-electron chi connectivity index (χ4n) is 2.71. The van der Waals surface area contributed by atoms with Crippen LogP contribution in [-0.4, -0.2) is 24.6 Å². The topological polar surface area (TPSA) is 60.5 Å². The molecule has 0 aliphatic carbocycles. The number of carbonyl (C=O) groups is 1. The van der Waals surface area contributed by atoms with Gasteiger partial charge in [0, 0.05) is 18.0 Å². The Bertz CT molecular complexity index is 971. The number of halogens is 1. The van der Waals surface area contributed by atoms with E-state index < -0.39 is 5.97 Å². The Labute approximate surface area is 163 Å². The monoisotopic (exact) mass is 382 g/mol. The molecule has 0 atom stereocenters. The highest BCUT2D eigenvalue weighted by Gasteiger charge is 2.16. The Morgan fingerprint density at radius 2 is 1.93 bits per heavy atom. The van der Waals surface area contributed by atoms with Crippen molar-refractivity contribution in [2.45, 2.75) is 20.5 Å². The van der Waals surface area contributed by atoms with E-state index in [1.807, 2.05) is 6.07 Å². The zero-order valence-electron chi connectivity index (χ0n) is 16.2. The maximum absolute atomic E-state index is 13.1. The molecule has 6 heteroatoms. The summed E-state index contributed by atoms with van der Waals surface area (Å²) in [6.07, 6.45) is 1.76. The zero-order valence-corrected chi connectivity index (χ0v) is 16.2. The molecule has 0 aliphatic rings. The largest absolute Gasteiger partial charge is 0.488 e. The fourth-order valence-corrected chi connectivity index (χ4v) is 2.71. The summed E-state index contributed by atoms with van der Waals surface area (Å²) in [5.74, 6) is 0.0787. The highest BCUT2D eigenvalue weighted by atomic mass is 19.1. The standard InChI is InChI=1S/C22H23FN2O3/c1-14(2)11-24-18-8-16-9-19(22(26)27-3)21(10-20(16)25-12-18)28-13-15-4-6-17(23)7-5-15/h4-10,12,14,24H,11,13H2,1-3H3. The molecule has 0 saturated heterocycles. The number of esters is 1. The van der Waals surface area contributed by atoms with Gasteiger partial charge in [-0.15, -0.1) is 0 Å². The molecule has 2 aromatic carbocycles. The summed E-state index contributed by atoms with van der Waals surface area (Å²) in [7, 11) is 1.33. The van der Waals surface area contributed by atoms with Crippen LogP contribution in [0.1, 0.15) is 29.8 Å². The number of anilines is 1. The smallest absolute Gasteiger partial charge is 0.341 e. The maximum Gasteiger partial charge on any atom is 0.341 e. The van der Waals surface area contributed by atoms with Crippen molar-refractivity contribution in [2.24, 2.45) is 5.92 Å². The number of fused-ring (bicyclic) bond motifs is 1. The molecule has 0 spiro atoms. The first-order valence-electron chi connectivity index (χ1n) is 9.09. The van der Waals surface area contributed by atoms with E-state index in [9.17, 15) is 9.18 Å². The molecular formula is C22H23FN2O3. The molecule has 0 bridgehead atoms. The molecule has 0 amide bonds. The summed E-state index contributed by atoms with van der Waals surface area (Å²) in [5.41, 5.74) is 2.70. The number of hydrogen-bond donors (Lipinski definition) is 1. The summed E-state index contributed by atoms with van der Waals surface area (Å²) in [5, 5.41) is 4.13. The van der Waals surface area contributed by atoms with Crippen molar-refractivity contribution in [3.8, 4) is 5.75 Å². The highest BCUT2D eigenvalue weighted by Crippen LogP contribution is 2.28. The van der Waals surface area contributed by atoms with Crippen LogP contribution < -0.4 is 10.1 Å². The van der Waals surface area contributed by atoms with Crippen molar-refractivity contribution in [1.82, 2.24) is 4.98 Å². The number of benzene rings is 2. The molecular weight excluding hydrogens is 359 g/mol. The summed E-state index contributed by atoms with van der Waals surface area (Å²) < 4.78 is 23.8. The second kappa shape index (κ2) is 8.69. The molecule has 28 heavy (non-hydrogen) atoms. The minimum Gasteiger partial charge on any atom is -0.488 e. The molecule has 0 radical (unpaired) electrons. The van der Waals surface area contributed by atoms with Gasteiger partial charge in [0.1, 0.15) is 23.7 Å². The van der Waals surface area contributed by atoms with Crippen LogP contribution in [0.3, 0.4) is 0 Å². The molecule has 5 nitrogen and oxygen atoms in total. The molecule has 3 rings (SSSR count). The van der Waals surface area contributed by atoms with Crippen LogP contribution >= 0.6 is 0 Å². The van der Waals surface area contributed by atoms with Crippen LogP contribution in [-0.2, 0) is 11.3 Å². The molecule has 1 N–H and O–H groups in total. The maximum atomic E-state index is 13.1. The van der Waals surface area contributed by atoms with Gasteiger partial charge in [-0.3, -0.25) is 4.98 Å². The van der Waals surface area contributed by atoms with Gasteiger partial charge in [0.05, 0.1) is 24.5 Å². The third-order valence-corrected chi connectivity index (χ3v) is 4.21. The lowest BCUT2D eigenvalue weighted by atomic mass is 10.1. The predicted octanol–water partition coefficient (Wildman–Crippen LogP) is 4.81. The Morgan fingerprint density at radius 1 is 1.18 bits per heavy atom. The third-order valence-electron chi connectivity index (χ3n) is 4.21. The van der Waals surface area contributed by atoms with Gasteiger partial charge in [-0.1, -0.05) is 26.0 Å². The Hall–Kier alpha value is -3.15. The first-order chi connectivity index (χ1) is 13.5. The summed E-state index contributed by atoms with van der Waals surface area (Å²) in [6.45, 7) is 5.28. The number of ether oxygens (including phenoxy) is 2. The van der Waals surface area contributed by atoms with Gasteiger partial charge in [0.15, 0.2) is 0 Å². The lowest BCUT2D eigenvalue weighted by Gasteiger charge is -2.13. The van der Waals surface area contributed by atoms with E-state index in [1.54, 1.807) is 30.5 Å². The SMILES string of the molecule is COC(=O)c1cc2cc(NCC(C)C)cnc2cc1OCc1ccc(F)cc1. The van der Waals surface area contributed by atoms with E-state index in [0.717, 1.165) is 23.2 Å². The van der Waals surface area contributed by atoms with Crippen molar-refractivity contribution >= 4 is 22.6 Å². The number of hydrogen-bond acceptors (Lipinski definition) is 5. The number of methoxy groups -OCH3 is 1. The summed E-state index contributed by atoms with van der Waals surface area (Å²) in [6, 6.07) is 11.4. The van der Waals surface area contributed by atoms with E-state index in [-0.39, 0.29) is 12.4 Å². The van der Waals surface area contributed by atoms with Gasteiger partial charge in [-0.2, -0.15) is 0 Å². The average Bonchev–Trinajstić information content (AvgIpc) is 2.70. The molecule has 0 fully saturated rings. The number of pyridine rings is 1. The Balaban J connectivity index is 1.90. The quantitative estimate of drug-likeness (QED) is 0.595. The molecule has 1 aromatic heterocycles. The predicted molar refractivity (Wildman–Crippen MR) is 107 cm³/mol. The lowest BCUT2D eigenvalue weighted by Crippen LogP contribution is -2.08. The van der Waals surface area contributed by atoms with Crippen LogP contribution in [0.5, 0.6) is 5.75 Å². The van der Waals surface area contributed by atoms with E-state index in [1.165, 1.54) is 19.2 Å². The normalized spacial score (nSPS) is 10.9. The Kier molecular flexibility index (Phi) is 6.09. The van der Waals surface area contributed by atoms with Gasteiger partial charge in [0.2, 0.25) is 0 Å². The molecule has 146 valence electrons. The summed E-state index contributed by atoms with van der Waals surface area (Å²) in [4.78, 5) is 16.7. The number of aromatic nitrogens is 1. The van der Waals surface area contributed by atoms with Gasteiger partial charge in [0.25, 0.3) is 0 Å². The van der Waals surface area contributed by atoms with Gasteiger partial charge >= 0.3 is 5.97 Å². The van der Waals surface area contributed by atoms with Crippen molar-refractivity contribution < 1.29 is 18.7 Å². The van der Waals surface area contributed by atoms with E-state index in [0.29, 0.717) is 22.7 Å². The van der Waals surface area contributed by atoms with E-state index >= 15 is 0 Å². The third kappa shape index (κ3) is 4.76. The molecule has 0 unspecified atom stereocenters. The van der Waals surface area contributed by atoms with Crippen molar-refractivity contribution in [3.05, 3.63) is 65.6 Å². The van der Waals surface area contributed by atoms with Crippen LogP contribution in [0.4, 0.5) is 10.1 Å². The lowest BCUT2D eigenvalue weighted by molar-refractivity contribution is 0.0596. The summed E-state index contributed by atoms with van der Waals surface area (Å²) >= 11 is 0. The number of rotatable bonds is 7. The van der Waals surface area contributed by atoms with Crippen LogP contribution in [0.25, 0.3) is 10.9 Å². The highest BCUT2D eigenvalue weighted by molar-refractivity contribution is 5.98. The van der Waals surface area contributed by atoms with Crippen LogP contribution in [0.15, 0.2) is 48.7 Å². The van der Waals surface area contributed by atoms with Crippen molar-refractivity contribution in [3.63, 3.8) is 0 Å². The minimum absolute atomic E-state index is 0.198. The first-order valence-corrected chi connectivity index (χ1v) is 9.09. The fraction of sp³-hybridized carbons (Fsp3) is 0.273. The average molecular weight is 382 g/mol.